The lowest BCUT2D eigenvalue weighted by molar-refractivity contribution is 0.600. The van der Waals surface area contributed by atoms with Crippen molar-refractivity contribution >= 4 is 27.1 Å². The van der Waals surface area contributed by atoms with E-state index >= 15 is 0 Å². The number of halogens is 1. The summed E-state index contributed by atoms with van der Waals surface area (Å²) in [6.45, 7) is 1.72. The van der Waals surface area contributed by atoms with Crippen LogP contribution >= 0.6 is 11.6 Å². The molecule has 0 fully saturated rings. The molecule has 0 aromatic carbocycles. The predicted octanol–water partition coefficient (Wildman–Crippen LogP) is 0.441. The van der Waals surface area contributed by atoms with Gasteiger partial charge in [0, 0.05) is 6.26 Å². The van der Waals surface area contributed by atoms with Crippen LogP contribution in [0.1, 0.15) is 6.92 Å². The highest BCUT2D eigenvalue weighted by atomic mass is 35.5. The van der Waals surface area contributed by atoms with Crippen molar-refractivity contribution in [2.24, 2.45) is 4.99 Å². The largest absolute Gasteiger partial charge is 0.261 e. The molecule has 1 aliphatic heterocycles. The lowest BCUT2D eigenvalue weighted by atomic mass is 10.4. The van der Waals surface area contributed by atoms with Crippen molar-refractivity contribution in [3.05, 3.63) is 0 Å². The monoisotopic (exact) mass is 181 g/mol. The number of sulfone groups is 1. The minimum Gasteiger partial charge on any atom is -0.261 e. The normalized spacial score (nSPS) is 31.7. The first-order valence-corrected chi connectivity index (χ1v) is 5.21. The minimum atomic E-state index is -3.00. The molecule has 1 aliphatic rings. The van der Waals surface area contributed by atoms with E-state index in [1.54, 1.807) is 6.92 Å². The topological polar surface area (TPSA) is 46.5 Å². The molecule has 0 amide bonds. The summed E-state index contributed by atoms with van der Waals surface area (Å²) in [5, 5.41) is 0. The average molecular weight is 182 g/mol. The summed E-state index contributed by atoms with van der Waals surface area (Å²) < 4.78 is 21.3. The lowest BCUT2D eigenvalue weighted by Crippen LogP contribution is -2.21. The Bertz CT molecular complexity index is 282. The van der Waals surface area contributed by atoms with E-state index in [9.17, 15) is 8.42 Å². The van der Waals surface area contributed by atoms with Crippen LogP contribution in [0.15, 0.2) is 4.99 Å². The van der Waals surface area contributed by atoms with Gasteiger partial charge in [-0.25, -0.2) is 8.42 Å². The summed E-state index contributed by atoms with van der Waals surface area (Å²) >= 11 is 5.70. The van der Waals surface area contributed by atoms with E-state index in [1.807, 2.05) is 0 Å². The van der Waals surface area contributed by atoms with Gasteiger partial charge in [-0.05, 0) is 6.92 Å². The zero-order valence-electron chi connectivity index (χ0n) is 5.76. The van der Waals surface area contributed by atoms with Crippen molar-refractivity contribution in [3.63, 3.8) is 0 Å². The van der Waals surface area contributed by atoms with Crippen molar-refractivity contribution < 1.29 is 8.42 Å². The van der Waals surface area contributed by atoms with Crippen LogP contribution in [0.3, 0.4) is 0 Å². The first-order chi connectivity index (χ1) is 4.33. The SMILES string of the molecule is CC1=NC1(Cl)CS(C)(=O)=O. The second-order valence-electron chi connectivity index (χ2n) is 2.53. The van der Waals surface area contributed by atoms with Crippen LogP contribution in [0.25, 0.3) is 0 Å². The van der Waals surface area contributed by atoms with E-state index in [0.717, 1.165) is 6.26 Å². The summed E-state index contributed by atoms with van der Waals surface area (Å²) in [7, 11) is -3.00. The summed E-state index contributed by atoms with van der Waals surface area (Å²) in [5.41, 5.74) is 0.708. The molecule has 0 bridgehead atoms. The molecule has 0 saturated heterocycles. The van der Waals surface area contributed by atoms with Crippen molar-refractivity contribution in [1.82, 2.24) is 0 Å². The molecule has 0 radical (unpaired) electrons. The maximum Gasteiger partial charge on any atom is 0.185 e. The van der Waals surface area contributed by atoms with Gasteiger partial charge < -0.3 is 0 Å². The molecule has 1 rings (SSSR count). The van der Waals surface area contributed by atoms with Gasteiger partial charge in [0.15, 0.2) is 14.8 Å². The maximum absolute atomic E-state index is 10.7. The molecule has 0 N–H and O–H groups in total. The van der Waals surface area contributed by atoms with E-state index in [0.29, 0.717) is 5.71 Å². The molecule has 5 heteroatoms. The summed E-state index contributed by atoms with van der Waals surface area (Å²) in [6, 6.07) is 0. The smallest absolute Gasteiger partial charge is 0.185 e. The van der Waals surface area contributed by atoms with Crippen LogP contribution < -0.4 is 0 Å². The van der Waals surface area contributed by atoms with E-state index in [4.69, 9.17) is 11.6 Å². The Morgan fingerprint density at radius 2 is 2.10 bits per heavy atom. The molecule has 0 saturated carbocycles. The molecule has 58 valence electrons. The average Bonchev–Trinajstić information content (AvgIpc) is 2.05. The Hall–Kier alpha value is -0.0900. The fourth-order valence-electron chi connectivity index (χ4n) is 0.722. The number of alkyl halides is 1. The molecular formula is C5H8ClNO2S. The highest BCUT2D eigenvalue weighted by Gasteiger charge is 2.44. The number of aliphatic imine (C=N–C) groups is 1. The quantitative estimate of drug-likeness (QED) is 0.459. The van der Waals surface area contributed by atoms with Gasteiger partial charge in [0.2, 0.25) is 0 Å². The van der Waals surface area contributed by atoms with E-state index < -0.39 is 14.8 Å². The van der Waals surface area contributed by atoms with Crippen LogP contribution in [-0.4, -0.2) is 31.1 Å². The fourth-order valence-corrected chi connectivity index (χ4v) is 2.41. The highest BCUT2D eigenvalue weighted by molar-refractivity contribution is 7.90. The maximum atomic E-state index is 10.7. The Labute approximate surface area is 65.0 Å². The molecule has 1 heterocycles. The molecule has 1 atom stereocenters. The first kappa shape index (κ1) is 8.01. The fraction of sp³-hybridized carbons (Fsp3) is 0.800. The molecule has 0 spiro atoms. The molecule has 3 nitrogen and oxygen atoms in total. The Kier molecular flexibility index (Phi) is 1.56. The van der Waals surface area contributed by atoms with Gasteiger partial charge >= 0.3 is 0 Å². The summed E-state index contributed by atoms with van der Waals surface area (Å²) in [5.74, 6) is -0.0760. The van der Waals surface area contributed by atoms with Gasteiger partial charge in [0.1, 0.15) is 0 Å². The number of hydrogen-bond donors (Lipinski definition) is 0. The van der Waals surface area contributed by atoms with Crippen LogP contribution in [-0.2, 0) is 9.84 Å². The minimum absolute atomic E-state index is 0.0760. The van der Waals surface area contributed by atoms with Gasteiger partial charge in [0.05, 0.1) is 11.5 Å². The van der Waals surface area contributed by atoms with Crippen molar-refractivity contribution in [2.45, 2.75) is 11.9 Å². The predicted molar refractivity (Wildman–Crippen MR) is 41.4 cm³/mol. The van der Waals surface area contributed by atoms with E-state index in [2.05, 4.69) is 4.99 Å². The third kappa shape index (κ3) is 1.70. The van der Waals surface area contributed by atoms with Gasteiger partial charge in [-0.2, -0.15) is 0 Å². The first-order valence-electron chi connectivity index (χ1n) is 2.77. The van der Waals surface area contributed by atoms with E-state index in [1.165, 1.54) is 0 Å². The van der Waals surface area contributed by atoms with E-state index in [-0.39, 0.29) is 5.75 Å². The van der Waals surface area contributed by atoms with Gasteiger partial charge in [0.25, 0.3) is 0 Å². The van der Waals surface area contributed by atoms with Crippen LogP contribution in [0.2, 0.25) is 0 Å². The molecule has 0 aromatic rings. The molecule has 10 heavy (non-hydrogen) atoms. The number of nitrogens with zero attached hydrogens (tertiary/aromatic N) is 1. The molecule has 0 aliphatic carbocycles. The Morgan fingerprint density at radius 1 is 1.70 bits per heavy atom. The van der Waals surface area contributed by atoms with Crippen LogP contribution in [0.4, 0.5) is 0 Å². The van der Waals surface area contributed by atoms with Crippen molar-refractivity contribution in [1.29, 1.82) is 0 Å². The number of rotatable bonds is 2. The second-order valence-corrected chi connectivity index (χ2v) is 5.29. The Morgan fingerprint density at radius 3 is 2.20 bits per heavy atom. The highest BCUT2D eigenvalue weighted by Crippen LogP contribution is 2.33. The molecule has 0 aromatic heterocycles. The number of hydrogen-bond acceptors (Lipinski definition) is 3. The van der Waals surface area contributed by atoms with Crippen molar-refractivity contribution in [3.8, 4) is 0 Å². The molecular weight excluding hydrogens is 174 g/mol. The summed E-state index contributed by atoms with van der Waals surface area (Å²) in [4.78, 5) is 2.89. The third-order valence-electron chi connectivity index (χ3n) is 1.30. The zero-order chi connectivity index (χ0) is 7.99. The second kappa shape index (κ2) is 1.95. The Balaban J connectivity index is 2.59. The third-order valence-corrected chi connectivity index (χ3v) is 2.90. The zero-order valence-corrected chi connectivity index (χ0v) is 7.33. The van der Waals surface area contributed by atoms with Crippen LogP contribution in [0.5, 0.6) is 0 Å². The summed E-state index contributed by atoms with van der Waals surface area (Å²) in [6.07, 6.45) is 1.15. The van der Waals surface area contributed by atoms with Gasteiger partial charge in [-0.3, -0.25) is 4.99 Å². The standard InChI is InChI=1S/C5H8ClNO2S/c1-4-5(6,7-4)3-10(2,8)9/h3H2,1-2H3. The van der Waals surface area contributed by atoms with Crippen molar-refractivity contribution in [2.75, 3.05) is 12.0 Å². The van der Waals surface area contributed by atoms with Crippen LogP contribution in [0, 0.1) is 0 Å². The molecule has 1 unspecified atom stereocenters. The van der Waals surface area contributed by atoms with Gasteiger partial charge in [-0.1, -0.05) is 11.6 Å². The van der Waals surface area contributed by atoms with Gasteiger partial charge in [-0.15, -0.1) is 0 Å². The lowest BCUT2D eigenvalue weighted by Gasteiger charge is -2.01.